The zero-order valence-electron chi connectivity index (χ0n) is 14.5. The van der Waals surface area contributed by atoms with Crippen molar-refractivity contribution < 1.29 is 13.9 Å². The van der Waals surface area contributed by atoms with E-state index < -0.39 is 0 Å². The summed E-state index contributed by atoms with van der Waals surface area (Å²) in [5.41, 5.74) is 1.71. The predicted molar refractivity (Wildman–Crippen MR) is 97.7 cm³/mol. The van der Waals surface area contributed by atoms with Crippen LogP contribution in [-0.2, 0) is 0 Å². The van der Waals surface area contributed by atoms with Crippen LogP contribution in [0, 0.1) is 0 Å². The second-order valence-corrected chi connectivity index (χ2v) is 6.13. The van der Waals surface area contributed by atoms with Crippen LogP contribution in [-0.4, -0.2) is 43.6 Å². The number of carbonyl (C=O) groups excluding carboxylic acids is 1. The minimum atomic E-state index is 0.0586. The van der Waals surface area contributed by atoms with Gasteiger partial charge < -0.3 is 19.4 Å². The Labute approximate surface area is 148 Å². The number of nitrogens with one attached hydrogen (secondary N) is 1. The molecule has 25 heavy (non-hydrogen) atoms. The van der Waals surface area contributed by atoms with E-state index in [0.717, 1.165) is 43.8 Å². The average Bonchev–Trinajstić information content (AvgIpc) is 3.20. The Morgan fingerprint density at radius 1 is 1.32 bits per heavy atom. The van der Waals surface area contributed by atoms with E-state index in [1.165, 1.54) is 12.5 Å². The summed E-state index contributed by atoms with van der Waals surface area (Å²) in [5.74, 6) is 0.938. The minimum absolute atomic E-state index is 0.0586. The number of carbonyl (C=O) groups is 1. The van der Waals surface area contributed by atoms with Gasteiger partial charge in [0.15, 0.2) is 0 Å². The van der Waals surface area contributed by atoms with Crippen molar-refractivity contribution in [1.82, 2.24) is 10.2 Å². The van der Waals surface area contributed by atoms with Gasteiger partial charge in [-0.05, 0) is 25.0 Å². The van der Waals surface area contributed by atoms with Gasteiger partial charge in [0, 0.05) is 31.2 Å². The Morgan fingerprint density at radius 3 is 2.84 bits per heavy atom. The van der Waals surface area contributed by atoms with Crippen LogP contribution in [0.1, 0.15) is 28.8 Å². The van der Waals surface area contributed by atoms with Crippen LogP contribution in [0.25, 0.3) is 6.08 Å². The molecule has 3 rings (SSSR count). The molecule has 1 aliphatic rings. The highest BCUT2D eigenvalue weighted by Gasteiger charge is 2.23. The van der Waals surface area contributed by atoms with E-state index in [1.807, 2.05) is 29.2 Å². The van der Waals surface area contributed by atoms with Crippen molar-refractivity contribution in [3.8, 4) is 5.75 Å². The van der Waals surface area contributed by atoms with Crippen LogP contribution in [0.5, 0.6) is 5.75 Å². The van der Waals surface area contributed by atoms with Gasteiger partial charge in [0.05, 0.1) is 18.9 Å². The number of furan rings is 1. The largest absolute Gasteiger partial charge is 0.496 e. The maximum Gasteiger partial charge on any atom is 0.257 e. The fraction of sp³-hybridized carbons (Fsp3) is 0.350. The van der Waals surface area contributed by atoms with Crippen molar-refractivity contribution in [2.45, 2.75) is 18.9 Å². The fourth-order valence-corrected chi connectivity index (χ4v) is 3.08. The van der Waals surface area contributed by atoms with Gasteiger partial charge in [-0.2, -0.15) is 0 Å². The van der Waals surface area contributed by atoms with Crippen molar-refractivity contribution in [2.24, 2.45) is 0 Å². The number of likely N-dealkylation sites (tertiary alicyclic amines) is 1. The Hall–Kier alpha value is -2.53. The highest BCUT2D eigenvalue weighted by molar-refractivity contribution is 5.93. The molecule has 5 nitrogen and oxygen atoms in total. The molecule has 0 aliphatic carbocycles. The van der Waals surface area contributed by atoms with E-state index in [2.05, 4.69) is 17.5 Å². The monoisotopic (exact) mass is 340 g/mol. The van der Waals surface area contributed by atoms with E-state index in [0.29, 0.717) is 11.6 Å². The number of piperidine rings is 1. The molecule has 1 N–H and O–H groups in total. The van der Waals surface area contributed by atoms with Gasteiger partial charge in [-0.15, -0.1) is 0 Å². The Kier molecular flexibility index (Phi) is 5.90. The lowest BCUT2D eigenvalue weighted by Crippen LogP contribution is -2.44. The molecule has 0 bridgehead atoms. The van der Waals surface area contributed by atoms with Gasteiger partial charge in [0.2, 0.25) is 0 Å². The van der Waals surface area contributed by atoms with Crippen LogP contribution in [0.15, 0.2) is 53.4 Å². The number of ether oxygens (including phenoxy) is 1. The fourth-order valence-electron chi connectivity index (χ4n) is 3.08. The zero-order chi connectivity index (χ0) is 17.5. The normalized spacial score (nSPS) is 15.6. The molecule has 1 aliphatic heterocycles. The number of methoxy groups -OCH3 is 1. The quantitative estimate of drug-likeness (QED) is 0.877. The summed E-state index contributed by atoms with van der Waals surface area (Å²) in [6.07, 6.45) is 9.16. The number of amides is 1. The molecule has 1 aromatic carbocycles. The second-order valence-electron chi connectivity index (χ2n) is 6.13. The Balaban J connectivity index is 1.42. The number of para-hydroxylation sites is 1. The summed E-state index contributed by atoms with van der Waals surface area (Å²) in [5, 5.41) is 3.54. The van der Waals surface area contributed by atoms with E-state index in [-0.39, 0.29) is 5.91 Å². The SMILES string of the molecule is COc1ccccc1C=CCNC1CCN(C(=O)c2ccoc2)CC1. The topological polar surface area (TPSA) is 54.7 Å². The van der Waals surface area contributed by atoms with Crippen molar-refractivity contribution >= 4 is 12.0 Å². The highest BCUT2D eigenvalue weighted by atomic mass is 16.5. The zero-order valence-corrected chi connectivity index (χ0v) is 14.5. The maximum absolute atomic E-state index is 12.3. The third-order valence-corrected chi connectivity index (χ3v) is 4.51. The molecule has 0 radical (unpaired) electrons. The van der Waals surface area contributed by atoms with E-state index in [4.69, 9.17) is 9.15 Å². The molecule has 0 atom stereocenters. The van der Waals surface area contributed by atoms with E-state index >= 15 is 0 Å². The van der Waals surface area contributed by atoms with Crippen molar-refractivity contribution in [3.05, 3.63) is 60.1 Å². The first-order chi connectivity index (χ1) is 12.3. The lowest BCUT2D eigenvalue weighted by atomic mass is 10.0. The summed E-state index contributed by atoms with van der Waals surface area (Å²) < 4.78 is 10.3. The van der Waals surface area contributed by atoms with Crippen LogP contribution in [0.4, 0.5) is 0 Å². The Morgan fingerprint density at radius 2 is 2.12 bits per heavy atom. The Bertz CT molecular complexity index is 701. The van der Waals surface area contributed by atoms with Crippen molar-refractivity contribution in [1.29, 1.82) is 0 Å². The van der Waals surface area contributed by atoms with Crippen LogP contribution in [0.2, 0.25) is 0 Å². The third kappa shape index (κ3) is 4.51. The first kappa shape index (κ1) is 17.3. The lowest BCUT2D eigenvalue weighted by molar-refractivity contribution is 0.0705. The van der Waals surface area contributed by atoms with E-state index in [9.17, 15) is 4.79 Å². The third-order valence-electron chi connectivity index (χ3n) is 4.51. The highest BCUT2D eigenvalue weighted by Crippen LogP contribution is 2.18. The van der Waals surface area contributed by atoms with Gasteiger partial charge in [-0.3, -0.25) is 4.79 Å². The molecule has 1 aromatic heterocycles. The van der Waals surface area contributed by atoms with Crippen LogP contribution in [0.3, 0.4) is 0 Å². The summed E-state index contributed by atoms with van der Waals surface area (Å²) in [6.45, 7) is 2.36. The molecular formula is C20H24N2O3. The molecule has 1 fully saturated rings. The minimum Gasteiger partial charge on any atom is -0.496 e. The molecule has 0 spiro atoms. The molecule has 0 saturated carbocycles. The average molecular weight is 340 g/mol. The molecule has 2 heterocycles. The number of hydrogen-bond donors (Lipinski definition) is 1. The smallest absolute Gasteiger partial charge is 0.257 e. The van der Waals surface area contributed by atoms with Crippen LogP contribution < -0.4 is 10.1 Å². The van der Waals surface area contributed by atoms with Crippen molar-refractivity contribution in [2.75, 3.05) is 26.7 Å². The van der Waals surface area contributed by atoms with Gasteiger partial charge >= 0.3 is 0 Å². The summed E-state index contributed by atoms with van der Waals surface area (Å²) in [6, 6.07) is 10.1. The summed E-state index contributed by atoms with van der Waals surface area (Å²) >= 11 is 0. The lowest BCUT2D eigenvalue weighted by Gasteiger charge is -2.32. The number of hydrogen-bond acceptors (Lipinski definition) is 4. The van der Waals surface area contributed by atoms with E-state index in [1.54, 1.807) is 13.2 Å². The summed E-state index contributed by atoms with van der Waals surface area (Å²) in [4.78, 5) is 14.2. The van der Waals surface area contributed by atoms with Crippen molar-refractivity contribution in [3.63, 3.8) is 0 Å². The van der Waals surface area contributed by atoms with Gasteiger partial charge in [0.1, 0.15) is 12.0 Å². The second kappa shape index (κ2) is 8.53. The molecular weight excluding hydrogens is 316 g/mol. The molecule has 2 aromatic rings. The predicted octanol–water partition coefficient (Wildman–Crippen LogP) is 3.20. The van der Waals surface area contributed by atoms with Crippen LogP contribution >= 0.6 is 0 Å². The molecule has 0 unspecified atom stereocenters. The molecule has 132 valence electrons. The molecule has 1 saturated heterocycles. The van der Waals surface area contributed by atoms with Gasteiger partial charge in [-0.1, -0.05) is 30.4 Å². The standard InChI is InChI=1S/C20H24N2O3/c1-24-19-7-3-2-5-16(19)6-4-11-21-18-8-12-22(13-9-18)20(23)17-10-14-25-15-17/h2-7,10,14-15,18,21H,8-9,11-13H2,1H3. The number of rotatable bonds is 6. The molecule has 5 heteroatoms. The first-order valence-electron chi connectivity index (χ1n) is 8.62. The van der Waals surface area contributed by atoms with Gasteiger partial charge in [-0.25, -0.2) is 0 Å². The summed E-state index contributed by atoms with van der Waals surface area (Å²) in [7, 11) is 1.68. The first-order valence-corrected chi connectivity index (χ1v) is 8.62. The number of nitrogens with zero attached hydrogens (tertiary/aromatic N) is 1. The molecule has 1 amide bonds. The number of benzene rings is 1. The van der Waals surface area contributed by atoms with Gasteiger partial charge in [0.25, 0.3) is 5.91 Å². The maximum atomic E-state index is 12.3.